The number of nitrogens with zero attached hydrogens (tertiary/aromatic N) is 2. The molecule has 2 aromatic carbocycles. The summed E-state index contributed by atoms with van der Waals surface area (Å²) in [6.45, 7) is 0. The Labute approximate surface area is 158 Å². The number of halogens is 3. The number of benzene rings is 2. The van der Waals surface area contributed by atoms with E-state index in [0.717, 1.165) is 12.1 Å². The molecule has 0 saturated carbocycles. The van der Waals surface area contributed by atoms with E-state index < -0.39 is 17.6 Å². The molecule has 1 amide bonds. The van der Waals surface area contributed by atoms with Crippen LogP contribution in [0.4, 0.5) is 30.4 Å². The van der Waals surface area contributed by atoms with Gasteiger partial charge in [-0.2, -0.15) is 18.4 Å². The van der Waals surface area contributed by atoms with Crippen LogP contribution in [0.15, 0.2) is 66.9 Å². The molecule has 140 valence electrons. The van der Waals surface area contributed by atoms with Crippen molar-refractivity contribution in [2.45, 2.75) is 6.18 Å². The third-order valence-electron chi connectivity index (χ3n) is 3.73. The largest absolute Gasteiger partial charge is 0.416 e. The fraction of sp³-hybridized carbons (Fsp3) is 0.0500. The van der Waals surface area contributed by atoms with Crippen LogP contribution in [0.1, 0.15) is 21.5 Å². The first-order chi connectivity index (χ1) is 13.3. The number of aromatic nitrogens is 1. The maximum atomic E-state index is 12.8. The van der Waals surface area contributed by atoms with Crippen LogP contribution < -0.4 is 10.6 Å². The normalized spacial score (nSPS) is 10.8. The molecule has 5 nitrogen and oxygen atoms in total. The first kappa shape index (κ1) is 18.9. The van der Waals surface area contributed by atoms with Crippen molar-refractivity contribution in [3.63, 3.8) is 0 Å². The second-order valence-corrected chi connectivity index (χ2v) is 5.78. The zero-order valence-electron chi connectivity index (χ0n) is 14.3. The summed E-state index contributed by atoms with van der Waals surface area (Å²) in [5.74, 6) is -0.220. The molecule has 8 heteroatoms. The van der Waals surface area contributed by atoms with Gasteiger partial charge in [-0.3, -0.25) is 4.79 Å². The molecule has 1 aromatic heterocycles. The lowest BCUT2D eigenvalue weighted by Crippen LogP contribution is -2.13. The van der Waals surface area contributed by atoms with E-state index in [1.54, 1.807) is 24.3 Å². The van der Waals surface area contributed by atoms with Crippen LogP contribution in [0.5, 0.6) is 0 Å². The Morgan fingerprint density at radius 3 is 2.50 bits per heavy atom. The van der Waals surface area contributed by atoms with Gasteiger partial charge in [0.2, 0.25) is 0 Å². The van der Waals surface area contributed by atoms with Crippen molar-refractivity contribution >= 4 is 23.1 Å². The summed E-state index contributed by atoms with van der Waals surface area (Å²) in [6, 6.07) is 16.0. The smallest absolute Gasteiger partial charge is 0.340 e. The van der Waals surface area contributed by atoms with Gasteiger partial charge < -0.3 is 10.6 Å². The molecule has 0 bridgehead atoms. The Balaban J connectivity index is 1.76. The maximum absolute atomic E-state index is 12.8. The van der Waals surface area contributed by atoms with Gasteiger partial charge in [0.15, 0.2) is 0 Å². The van der Waals surface area contributed by atoms with Crippen LogP contribution in [0.3, 0.4) is 0 Å². The number of anilines is 3. The molecule has 0 radical (unpaired) electrons. The van der Waals surface area contributed by atoms with E-state index in [4.69, 9.17) is 5.26 Å². The van der Waals surface area contributed by atoms with Gasteiger partial charge in [0.25, 0.3) is 5.91 Å². The highest BCUT2D eigenvalue weighted by Crippen LogP contribution is 2.30. The molecule has 0 spiro atoms. The SMILES string of the molecule is N#Cc1cccc(Nc2cc(C(=O)Nc3cccc(C(F)(F)F)c3)ccn2)c1. The predicted molar refractivity (Wildman–Crippen MR) is 98.1 cm³/mol. The summed E-state index contributed by atoms with van der Waals surface area (Å²) < 4.78 is 38.4. The zero-order chi connectivity index (χ0) is 20.1. The van der Waals surface area contributed by atoms with Gasteiger partial charge in [-0.05, 0) is 48.5 Å². The second kappa shape index (κ2) is 7.80. The molecule has 0 aliphatic carbocycles. The lowest BCUT2D eigenvalue weighted by Gasteiger charge is -2.11. The molecule has 0 atom stereocenters. The first-order valence-corrected chi connectivity index (χ1v) is 8.07. The van der Waals surface area contributed by atoms with Crippen molar-refractivity contribution in [2.24, 2.45) is 0 Å². The average Bonchev–Trinajstić information content (AvgIpc) is 2.68. The Hall–Kier alpha value is -3.86. The maximum Gasteiger partial charge on any atom is 0.416 e. The van der Waals surface area contributed by atoms with E-state index >= 15 is 0 Å². The first-order valence-electron chi connectivity index (χ1n) is 8.07. The monoisotopic (exact) mass is 382 g/mol. The number of amides is 1. The summed E-state index contributed by atoms with van der Waals surface area (Å²) in [5, 5.41) is 14.4. The van der Waals surface area contributed by atoms with Crippen LogP contribution in [-0.4, -0.2) is 10.9 Å². The van der Waals surface area contributed by atoms with Crippen molar-refractivity contribution in [2.75, 3.05) is 10.6 Å². The van der Waals surface area contributed by atoms with E-state index in [-0.39, 0.29) is 11.3 Å². The number of alkyl halides is 3. The van der Waals surface area contributed by atoms with E-state index in [9.17, 15) is 18.0 Å². The van der Waals surface area contributed by atoms with Crippen molar-refractivity contribution in [1.82, 2.24) is 4.98 Å². The van der Waals surface area contributed by atoms with Gasteiger partial charge in [-0.15, -0.1) is 0 Å². The van der Waals surface area contributed by atoms with Crippen LogP contribution in [0.25, 0.3) is 0 Å². The van der Waals surface area contributed by atoms with Gasteiger partial charge in [0.05, 0.1) is 17.2 Å². The molecule has 0 aliphatic heterocycles. The molecule has 3 rings (SSSR count). The molecule has 0 fully saturated rings. The molecule has 28 heavy (non-hydrogen) atoms. The Morgan fingerprint density at radius 2 is 1.75 bits per heavy atom. The van der Waals surface area contributed by atoms with Crippen molar-refractivity contribution < 1.29 is 18.0 Å². The molecule has 0 saturated heterocycles. The summed E-state index contributed by atoms with van der Waals surface area (Å²) in [4.78, 5) is 16.5. The van der Waals surface area contributed by atoms with E-state index in [1.807, 2.05) is 6.07 Å². The predicted octanol–water partition coefficient (Wildman–Crippen LogP) is 4.97. The van der Waals surface area contributed by atoms with Crippen LogP contribution in [-0.2, 0) is 6.18 Å². The van der Waals surface area contributed by atoms with Crippen LogP contribution in [0, 0.1) is 11.3 Å². The summed E-state index contributed by atoms with van der Waals surface area (Å²) >= 11 is 0. The molecular formula is C20H13F3N4O. The fourth-order valence-electron chi connectivity index (χ4n) is 2.43. The van der Waals surface area contributed by atoms with Gasteiger partial charge in [0, 0.05) is 23.1 Å². The topological polar surface area (TPSA) is 77.8 Å². The molecule has 2 N–H and O–H groups in total. The van der Waals surface area contributed by atoms with Gasteiger partial charge in [0.1, 0.15) is 5.82 Å². The number of nitrogens with one attached hydrogen (secondary N) is 2. The fourth-order valence-corrected chi connectivity index (χ4v) is 2.43. The number of carbonyl (C=O) groups excluding carboxylic acids is 1. The van der Waals surface area contributed by atoms with Crippen LogP contribution in [0.2, 0.25) is 0 Å². The number of rotatable bonds is 4. The standard InChI is InChI=1S/C20H13F3N4O/c21-20(22,23)15-4-2-6-17(11-15)27-19(28)14-7-8-25-18(10-14)26-16-5-1-3-13(9-16)12-24/h1-11H,(H,25,26)(H,27,28). The number of hydrogen-bond acceptors (Lipinski definition) is 4. The van der Waals surface area contributed by atoms with Crippen molar-refractivity contribution in [3.8, 4) is 6.07 Å². The minimum Gasteiger partial charge on any atom is -0.340 e. The van der Waals surface area contributed by atoms with Gasteiger partial charge in [-0.25, -0.2) is 4.98 Å². The minimum atomic E-state index is -4.49. The summed E-state index contributed by atoms with van der Waals surface area (Å²) in [7, 11) is 0. The molecular weight excluding hydrogens is 369 g/mol. The molecule has 0 unspecified atom stereocenters. The minimum absolute atomic E-state index is 0.0351. The average molecular weight is 382 g/mol. The molecule has 0 aliphatic rings. The Kier molecular flexibility index (Phi) is 5.27. The third kappa shape index (κ3) is 4.65. The van der Waals surface area contributed by atoms with E-state index in [0.29, 0.717) is 17.1 Å². The molecule has 3 aromatic rings. The van der Waals surface area contributed by atoms with Crippen molar-refractivity contribution in [3.05, 3.63) is 83.6 Å². The third-order valence-corrected chi connectivity index (χ3v) is 3.73. The number of hydrogen-bond donors (Lipinski definition) is 2. The lowest BCUT2D eigenvalue weighted by atomic mass is 10.1. The van der Waals surface area contributed by atoms with Gasteiger partial charge >= 0.3 is 6.18 Å². The summed E-state index contributed by atoms with van der Waals surface area (Å²) in [5.41, 5.74) is 0.476. The van der Waals surface area contributed by atoms with Crippen LogP contribution >= 0.6 is 0 Å². The van der Waals surface area contributed by atoms with E-state index in [2.05, 4.69) is 15.6 Å². The number of pyridine rings is 1. The Bertz CT molecular complexity index is 1060. The quantitative estimate of drug-likeness (QED) is 0.668. The van der Waals surface area contributed by atoms with E-state index in [1.165, 1.54) is 30.5 Å². The highest BCUT2D eigenvalue weighted by atomic mass is 19.4. The van der Waals surface area contributed by atoms with Crippen molar-refractivity contribution in [1.29, 1.82) is 5.26 Å². The molecule has 1 heterocycles. The highest BCUT2D eigenvalue weighted by molar-refractivity contribution is 6.04. The zero-order valence-corrected chi connectivity index (χ0v) is 14.3. The highest BCUT2D eigenvalue weighted by Gasteiger charge is 2.30. The number of nitriles is 1. The summed E-state index contributed by atoms with van der Waals surface area (Å²) in [6.07, 6.45) is -3.09. The van der Waals surface area contributed by atoms with Gasteiger partial charge in [-0.1, -0.05) is 12.1 Å². The Morgan fingerprint density at radius 1 is 1.00 bits per heavy atom. The lowest BCUT2D eigenvalue weighted by molar-refractivity contribution is -0.137. The number of carbonyl (C=O) groups is 1. The second-order valence-electron chi connectivity index (χ2n) is 5.78.